The van der Waals surface area contributed by atoms with Crippen LogP contribution in [-0.4, -0.2) is 23.3 Å². The molecule has 0 fully saturated rings. The van der Waals surface area contributed by atoms with Crippen molar-refractivity contribution >= 4 is 39.1 Å². The first-order valence-electron chi connectivity index (χ1n) is 9.36. The first-order valence-corrected chi connectivity index (χ1v) is 10.2. The summed E-state index contributed by atoms with van der Waals surface area (Å²) < 4.78 is 6.66. The summed E-state index contributed by atoms with van der Waals surface area (Å²) >= 11 is 1.49. The van der Waals surface area contributed by atoms with E-state index < -0.39 is 5.91 Å². The summed E-state index contributed by atoms with van der Waals surface area (Å²) in [5, 5.41) is 3.74. The number of benzene rings is 2. The van der Waals surface area contributed by atoms with Crippen molar-refractivity contribution in [3.63, 3.8) is 0 Å². The molecule has 30 heavy (non-hydrogen) atoms. The Kier molecular flexibility index (Phi) is 5.49. The van der Waals surface area contributed by atoms with E-state index in [2.05, 4.69) is 21.2 Å². The molecule has 4 aromatic rings. The zero-order chi connectivity index (χ0) is 21.1. The van der Waals surface area contributed by atoms with Crippen molar-refractivity contribution < 1.29 is 14.0 Å². The van der Waals surface area contributed by atoms with Gasteiger partial charge in [-0.3, -0.25) is 20.4 Å². The quantitative estimate of drug-likeness (QED) is 0.423. The number of furan rings is 1. The molecule has 2 amide bonds. The molecule has 0 saturated carbocycles. The molecule has 2 heterocycles. The number of hydrazine groups is 1. The van der Waals surface area contributed by atoms with Crippen LogP contribution < -0.4 is 16.2 Å². The fourth-order valence-corrected chi connectivity index (χ4v) is 3.90. The summed E-state index contributed by atoms with van der Waals surface area (Å²) in [6.45, 7) is 4.00. The third-order valence-corrected chi connectivity index (χ3v) is 5.52. The Labute approximate surface area is 177 Å². The number of carbonyl (C=O) groups is 2. The number of anilines is 1. The summed E-state index contributed by atoms with van der Waals surface area (Å²) in [5.41, 5.74) is 8.68. The van der Waals surface area contributed by atoms with E-state index >= 15 is 0 Å². The molecule has 3 N–H and O–H groups in total. The van der Waals surface area contributed by atoms with Gasteiger partial charge in [-0.15, -0.1) is 11.3 Å². The summed E-state index contributed by atoms with van der Waals surface area (Å²) in [5.74, 6) is -0.320. The highest BCUT2D eigenvalue weighted by molar-refractivity contribution is 7.21. The third-order valence-electron chi connectivity index (χ3n) is 4.47. The topological polar surface area (TPSA) is 96.3 Å². The smallest absolute Gasteiger partial charge is 0.305 e. The van der Waals surface area contributed by atoms with Gasteiger partial charge in [0.05, 0.1) is 16.8 Å². The van der Waals surface area contributed by atoms with Crippen molar-refractivity contribution in [2.24, 2.45) is 0 Å². The molecule has 8 heteroatoms. The largest absolute Gasteiger partial charge is 0.448 e. The molecule has 0 spiro atoms. The number of hydrogen-bond acceptors (Lipinski definition) is 6. The van der Waals surface area contributed by atoms with Crippen LogP contribution in [0.25, 0.3) is 21.0 Å². The number of aromatic nitrogens is 1. The molecule has 7 nitrogen and oxygen atoms in total. The summed E-state index contributed by atoms with van der Waals surface area (Å²) in [6.07, 6.45) is 0. The monoisotopic (exact) mass is 420 g/mol. The highest BCUT2D eigenvalue weighted by Crippen LogP contribution is 2.31. The van der Waals surface area contributed by atoms with E-state index in [0.717, 1.165) is 27.0 Å². The summed E-state index contributed by atoms with van der Waals surface area (Å²) in [7, 11) is 0. The molecule has 0 aliphatic rings. The van der Waals surface area contributed by atoms with Gasteiger partial charge >= 0.3 is 5.91 Å². The first-order chi connectivity index (χ1) is 14.5. The standard InChI is InChI=1S/C22H20N4O3S/c1-13-7-8-15(14(2)11-13)23-12-20(27)25-26-21(28)17-9-10-18(29-17)22-24-16-5-3-4-6-19(16)30-22/h3-11,23H,12H2,1-2H3,(H,25,27)(H,26,28). The van der Waals surface area contributed by atoms with Crippen molar-refractivity contribution in [3.05, 3.63) is 71.5 Å². The number of para-hydroxylation sites is 1. The van der Waals surface area contributed by atoms with Crippen molar-refractivity contribution in [1.29, 1.82) is 0 Å². The van der Waals surface area contributed by atoms with Crippen LogP contribution in [0.5, 0.6) is 0 Å². The fraction of sp³-hybridized carbons (Fsp3) is 0.136. The highest BCUT2D eigenvalue weighted by atomic mass is 32.1. The molecule has 2 aromatic heterocycles. The van der Waals surface area contributed by atoms with Crippen LogP contribution in [0.2, 0.25) is 0 Å². The second-order valence-electron chi connectivity index (χ2n) is 6.82. The number of hydrogen-bond donors (Lipinski definition) is 3. The van der Waals surface area contributed by atoms with Crippen LogP contribution in [0.4, 0.5) is 5.69 Å². The Morgan fingerprint density at radius 1 is 1.03 bits per heavy atom. The second-order valence-corrected chi connectivity index (χ2v) is 7.86. The predicted octanol–water partition coefficient (Wildman–Crippen LogP) is 4.05. The van der Waals surface area contributed by atoms with E-state index in [1.54, 1.807) is 12.1 Å². The molecule has 0 bridgehead atoms. The number of nitrogens with zero attached hydrogens (tertiary/aromatic N) is 1. The maximum Gasteiger partial charge on any atom is 0.305 e. The number of nitrogens with one attached hydrogen (secondary N) is 3. The minimum atomic E-state index is -0.540. The van der Waals surface area contributed by atoms with Gasteiger partial charge in [0, 0.05) is 5.69 Å². The summed E-state index contributed by atoms with van der Waals surface area (Å²) in [6, 6.07) is 16.9. The lowest BCUT2D eigenvalue weighted by atomic mass is 10.1. The van der Waals surface area contributed by atoms with Gasteiger partial charge in [-0.1, -0.05) is 29.8 Å². The maximum atomic E-state index is 12.3. The average Bonchev–Trinajstić information content (AvgIpc) is 3.38. The number of aryl methyl sites for hydroxylation is 2. The molecule has 0 aliphatic carbocycles. The Balaban J connectivity index is 1.32. The number of carbonyl (C=O) groups excluding carboxylic acids is 2. The summed E-state index contributed by atoms with van der Waals surface area (Å²) in [4.78, 5) is 28.8. The van der Waals surface area contributed by atoms with E-state index in [1.165, 1.54) is 11.3 Å². The number of amides is 2. The van der Waals surface area contributed by atoms with Crippen LogP contribution >= 0.6 is 11.3 Å². The first kappa shape index (κ1) is 19.7. The lowest BCUT2D eigenvalue weighted by Crippen LogP contribution is -2.44. The second kappa shape index (κ2) is 8.38. The molecule has 0 radical (unpaired) electrons. The molecular weight excluding hydrogens is 400 g/mol. The fourth-order valence-electron chi connectivity index (χ4n) is 2.97. The van der Waals surface area contributed by atoms with Gasteiger partial charge in [-0.25, -0.2) is 4.98 Å². The normalized spacial score (nSPS) is 10.7. The van der Waals surface area contributed by atoms with Crippen LogP contribution in [0.15, 0.2) is 59.0 Å². The Bertz CT molecular complexity index is 1200. The van der Waals surface area contributed by atoms with E-state index in [1.807, 2.05) is 56.3 Å². The van der Waals surface area contributed by atoms with Crippen molar-refractivity contribution in [2.45, 2.75) is 13.8 Å². The van der Waals surface area contributed by atoms with E-state index in [9.17, 15) is 9.59 Å². The van der Waals surface area contributed by atoms with Crippen LogP contribution in [-0.2, 0) is 4.79 Å². The van der Waals surface area contributed by atoms with Crippen molar-refractivity contribution in [3.8, 4) is 10.8 Å². The SMILES string of the molecule is Cc1ccc(NCC(=O)NNC(=O)c2ccc(-c3nc4ccccc4s3)o2)c(C)c1. The molecule has 0 aliphatic heterocycles. The molecule has 152 valence electrons. The molecule has 0 unspecified atom stereocenters. The maximum absolute atomic E-state index is 12.3. The lowest BCUT2D eigenvalue weighted by Gasteiger charge is -2.10. The highest BCUT2D eigenvalue weighted by Gasteiger charge is 2.15. The zero-order valence-electron chi connectivity index (χ0n) is 16.5. The zero-order valence-corrected chi connectivity index (χ0v) is 17.3. The molecule has 0 saturated heterocycles. The van der Waals surface area contributed by atoms with Gasteiger partial charge in [0.25, 0.3) is 5.91 Å². The van der Waals surface area contributed by atoms with Crippen LogP contribution in [0, 0.1) is 13.8 Å². The molecule has 0 atom stereocenters. The Morgan fingerprint density at radius 3 is 2.67 bits per heavy atom. The van der Waals surface area contributed by atoms with Crippen molar-refractivity contribution in [1.82, 2.24) is 15.8 Å². The number of fused-ring (bicyclic) bond motifs is 1. The van der Waals surface area contributed by atoms with Crippen LogP contribution in [0.1, 0.15) is 21.7 Å². The minimum Gasteiger partial charge on any atom is -0.448 e. The van der Waals surface area contributed by atoms with Gasteiger partial charge in [0.2, 0.25) is 0 Å². The molecule has 2 aromatic carbocycles. The van der Waals surface area contributed by atoms with Gasteiger partial charge in [0.15, 0.2) is 16.5 Å². The van der Waals surface area contributed by atoms with E-state index in [-0.39, 0.29) is 18.2 Å². The van der Waals surface area contributed by atoms with Gasteiger partial charge in [-0.05, 0) is 49.7 Å². The lowest BCUT2D eigenvalue weighted by molar-refractivity contribution is -0.120. The molecular formula is C22H20N4O3S. The minimum absolute atomic E-state index is 0.0271. The Hall–Kier alpha value is -3.65. The Morgan fingerprint density at radius 2 is 1.87 bits per heavy atom. The molecule has 4 rings (SSSR count). The number of thiazole rings is 1. The average molecular weight is 420 g/mol. The van der Waals surface area contributed by atoms with Gasteiger partial charge < -0.3 is 9.73 Å². The van der Waals surface area contributed by atoms with E-state index in [0.29, 0.717) is 10.8 Å². The van der Waals surface area contributed by atoms with Gasteiger partial charge in [-0.2, -0.15) is 0 Å². The number of rotatable bonds is 5. The predicted molar refractivity (Wildman–Crippen MR) is 117 cm³/mol. The van der Waals surface area contributed by atoms with E-state index in [4.69, 9.17) is 4.42 Å². The van der Waals surface area contributed by atoms with Crippen molar-refractivity contribution in [2.75, 3.05) is 11.9 Å². The third kappa shape index (κ3) is 4.33. The van der Waals surface area contributed by atoms with Gasteiger partial charge in [0.1, 0.15) is 0 Å². The van der Waals surface area contributed by atoms with Crippen LogP contribution in [0.3, 0.4) is 0 Å².